The van der Waals surface area contributed by atoms with Gasteiger partial charge in [0, 0.05) is 26.2 Å². The molecule has 1 saturated heterocycles. The summed E-state index contributed by atoms with van der Waals surface area (Å²) in [7, 11) is 1.31. The van der Waals surface area contributed by atoms with E-state index in [0.29, 0.717) is 18.9 Å². The molecule has 7 nitrogen and oxygen atoms in total. The number of carbonyl (C=O) groups excluding carboxylic acids is 2. The summed E-state index contributed by atoms with van der Waals surface area (Å²) in [5, 5.41) is 8.97. The molecule has 0 atom stereocenters. The van der Waals surface area contributed by atoms with Crippen LogP contribution in [0.4, 0.5) is 13.2 Å². The van der Waals surface area contributed by atoms with Gasteiger partial charge in [-0.15, -0.1) is 0 Å². The Morgan fingerprint density at radius 2 is 1.93 bits per heavy atom. The largest absolute Gasteiger partial charge is 0.481 e. The monoisotopic (exact) mass is 388 g/mol. The van der Waals surface area contributed by atoms with Crippen LogP contribution in [0.5, 0.6) is 5.75 Å². The second-order valence-electron chi connectivity index (χ2n) is 6.17. The van der Waals surface area contributed by atoms with Crippen LogP contribution in [0, 0.1) is 11.7 Å². The summed E-state index contributed by atoms with van der Waals surface area (Å²) < 4.78 is 42.4. The number of likely N-dealkylation sites (N-methyl/N-ethyl adjacent to an activating group) is 1. The van der Waals surface area contributed by atoms with Crippen LogP contribution in [-0.4, -0.2) is 66.0 Å². The highest BCUT2D eigenvalue weighted by Crippen LogP contribution is 2.24. The van der Waals surface area contributed by atoms with E-state index >= 15 is 0 Å². The molecule has 0 aromatic heterocycles. The van der Waals surface area contributed by atoms with E-state index in [1.807, 2.05) is 0 Å². The zero-order chi connectivity index (χ0) is 20.1. The summed E-state index contributed by atoms with van der Waals surface area (Å²) in [5.74, 6) is -4.04. The number of hydrogen-bond donors (Lipinski definition) is 1. The summed E-state index contributed by atoms with van der Waals surface area (Å²) in [4.78, 5) is 38.2. The van der Waals surface area contributed by atoms with E-state index in [0.717, 1.165) is 17.0 Å². The van der Waals surface area contributed by atoms with Gasteiger partial charge in [-0.1, -0.05) is 0 Å². The third-order valence-electron chi connectivity index (χ3n) is 4.31. The lowest BCUT2D eigenvalue weighted by atomic mass is 9.97. The van der Waals surface area contributed by atoms with Gasteiger partial charge in [-0.25, -0.2) is 4.39 Å². The molecule has 2 amide bonds. The van der Waals surface area contributed by atoms with Crippen molar-refractivity contribution in [1.29, 1.82) is 0 Å². The van der Waals surface area contributed by atoms with Crippen molar-refractivity contribution in [3.8, 4) is 5.75 Å². The average molecular weight is 388 g/mol. The molecule has 1 aromatic rings. The van der Waals surface area contributed by atoms with E-state index in [1.165, 1.54) is 11.9 Å². The second-order valence-corrected chi connectivity index (χ2v) is 6.17. The Balaban J connectivity index is 2.01. The molecule has 1 fully saturated rings. The quantitative estimate of drug-likeness (QED) is 0.803. The van der Waals surface area contributed by atoms with Crippen molar-refractivity contribution in [2.75, 3.05) is 26.7 Å². The number of likely N-dealkylation sites (tertiary alicyclic amines) is 1. The fourth-order valence-corrected chi connectivity index (χ4v) is 2.82. The highest BCUT2D eigenvalue weighted by atomic mass is 19.3. The van der Waals surface area contributed by atoms with E-state index in [9.17, 15) is 27.6 Å². The number of benzene rings is 1. The SMILES string of the molecule is CN(CC(=O)N1CCC(C(=O)O)CC1)C(=O)c1ccc(F)cc1OC(F)F. The fourth-order valence-electron chi connectivity index (χ4n) is 2.82. The van der Waals surface area contributed by atoms with Crippen molar-refractivity contribution in [2.45, 2.75) is 19.5 Å². The number of rotatable bonds is 6. The molecule has 0 bridgehead atoms. The average Bonchev–Trinajstić information content (AvgIpc) is 2.60. The van der Waals surface area contributed by atoms with Gasteiger partial charge >= 0.3 is 12.6 Å². The standard InChI is InChI=1S/C17H19F3N2O5/c1-21(9-14(23)22-6-4-10(5-7-22)16(25)26)15(24)12-3-2-11(18)8-13(12)27-17(19)20/h2-3,8,10,17H,4-7,9H2,1H3,(H,25,26). The van der Waals surface area contributed by atoms with Gasteiger partial charge in [0.2, 0.25) is 5.91 Å². The predicted molar refractivity (Wildman–Crippen MR) is 86.9 cm³/mol. The lowest BCUT2D eigenvalue weighted by Gasteiger charge is -2.31. The third-order valence-corrected chi connectivity index (χ3v) is 4.31. The van der Waals surface area contributed by atoms with Crippen molar-refractivity contribution in [1.82, 2.24) is 9.80 Å². The van der Waals surface area contributed by atoms with Gasteiger partial charge in [0.15, 0.2) is 0 Å². The van der Waals surface area contributed by atoms with Crippen LogP contribution in [0.15, 0.2) is 18.2 Å². The minimum Gasteiger partial charge on any atom is -0.481 e. The van der Waals surface area contributed by atoms with E-state index in [-0.39, 0.29) is 25.2 Å². The molecule has 148 valence electrons. The molecule has 0 aliphatic carbocycles. The minimum absolute atomic E-state index is 0.258. The Kier molecular flexibility index (Phi) is 6.65. The second kappa shape index (κ2) is 8.74. The molecule has 1 aliphatic rings. The molecule has 2 rings (SSSR count). The molecule has 0 saturated carbocycles. The summed E-state index contributed by atoms with van der Waals surface area (Å²) >= 11 is 0. The van der Waals surface area contributed by atoms with Crippen LogP contribution in [0.1, 0.15) is 23.2 Å². The summed E-state index contributed by atoms with van der Waals surface area (Å²) in [6, 6.07) is 2.61. The van der Waals surface area contributed by atoms with Crippen LogP contribution in [0.3, 0.4) is 0 Å². The number of hydrogen-bond acceptors (Lipinski definition) is 4. The van der Waals surface area contributed by atoms with Gasteiger partial charge in [-0.3, -0.25) is 14.4 Å². The highest BCUT2D eigenvalue weighted by Gasteiger charge is 2.28. The van der Waals surface area contributed by atoms with Crippen LogP contribution in [0.2, 0.25) is 0 Å². The first-order valence-electron chi connectivity index (χ1n) is 8.19. The Bertz CT molecular complexity index is 721. The maximum atomic E-state index is 13.3. The summed E-state index contributed by atoms with van der Waals surface area (Å²) in [6.45, 7) is -3.05. The number of nitrogens with zero attached hydrogens (tertiary/aromatic N) is 2. The molecule has 0 radical (unpaired) electrons. The maximum Gasteiger partial charge on any atom is 0.387 e. The van der Waals surface area contributed by atoms with Crippen molar-refractivity contribution in [2.24, 2.45) is 5.92 Å². The Morgan fingerprint density at radius 1 is 1.30 bits per heavy atom. The van der Waals surface area contributed by atoms with Crippen LogP contribution >= 0.6 is 0 Å². The molecule has 1 aromatic carbocycles. The van der Waals surface area contributed by atoms with Gasteiger partial charge in [-0.2, -0.15) is 8.78 Å². The molecular formula is C17H19F3N2O5. The van der Waals surface area contributed by atoms with Gasteiger partial charge in [0.05, 0.1) is 18.0 Å². The lowest BCUT2D eigenvalue weighted by Crippen LogP contribution is -2.45. The molecular weight excluding hydrogens is 369 g/mol. The Morgan fingerprint density at radius 3 is 2.48 bits per heavy atom. The first-order valence-corrected chi connectivity index (χ1v) is 8.19. The third kappa shape index (κ3) is 5.35. The number of alkyl halides is 2. The van der Waals surface area contributed by atoms with Crippen LogP contribution in [-0.2, 0) is 9.59 Å². The van der Waals surface area contributed by atoms with Gasteiger partial charge < -0.3 is 19.6 Å². The Labute approximate surface area is 153 Å². The number of halogens is 3. The molecule has 1 N–H and O–H groups in total. The molecule has 0 unspecified atom stereocenters. The van der Waals surface area contributed by atoms with Crippen molar-refractivity contribution in [3.05, 3.63) is 29.6 Å². The number of carboxylic acid groups (broad SMARTS) is 1. The number of piperidine rings is 1. The topological polar surface area (TPSA) is 87.2 Å². The molecule has 1 heterocycles. The lowest BCUT2D eigenvalue weighted by molar-refractivity contribution is -0.145. The molecule has 1 aliphatic heterocycles. The normalized spacial score (nSPS) is 14.9. The van der Waals surface area contributed by atoms with Crippen molar-refractivity contribution >= 4 is 17.8 Å². The van der Waals surface area contributed by atoms with E-state index in [2.05, 4.69) is 4.74 Å². The minimum atomic E-state index is -3.24. The van der Waals surface area contributed by atoms with Crippen LogP contribution < -0.4 is 4.74 Å². The molecule has 10 heteroatoms. The first-order chi connectivity index (χ1) is 12.7. The summed E-state index contributed by atoms with van der Waals surface area (Å²) in [6.07, 6.45) is 0.645. The highest BCUT2D eigenvalue weighted by molar-refractivity contribution is 5.98. The number of carboxylic acids is 1. The van der Waals surface area contributed by atoms with Gasteiger partial charge in [0.25, 0.3) is 5.91 Å². The van der Waals surface area contributed by atoms with E-state index in [1.54, 1.807) is 0 Å². The maximum absolute atomic E-state index is 13.3. The van der Waals surface area contributed by atoms with Crippen molar-refractivity contribution in [3.63, 3.8) is 0 Å². The smallest absolute Gasteiger partial charge is 0.387 e. The zero-order valence-corrected chi connectivity index (χ0v) is 14.5. The first kappa shape index (κ1) is 20.5. The Hall–Kier alpha value is -2.78. The number of ether oxygens (including phenoxy) is 1. The number of aliphatic carboxylic acids is 1. The summed E-state index contributed by atoms with van der Waals surface area (Å²) in [5.41, 5.74) is -0.295. The number of carbonyl (C=O) groups is 3. The predicted octanol–water partition coefficient (Wildman–Crippen LogP) is 1.82. The molecule has 27 heavy (non-hydrogen) atoms. The van der Waals surface area contributed by atoms with Crippen molar-refractivity contribution < 1.29 is 37.4 Å². The van der Waals surface area contributed by atoms with Gasteiger partial charge in [0.1, 0.15) is 11.6 Å². The van der Waals surface area contributed by atoms with E-state index in [4.69, 9.17) is 5.11 Å². The fraction of sp³-hybridized carbons (Fsp3) is 0.471. The number of amides is 2. The van der Waals surface area contributed by atoms with Gasteiger partial charge in [-0.05, 0) is 25.0 Å². The molecule has 0 spiro atoms. The zero-order valence-electron chi connectivity index (χ0n) is 14.5. The van der Waals surface area contributed by atoms with Crippen LogP contribution in [0.25, 0.3) is 0 Å². The van der Waals surface area contributed by atoms with E-state index < -0.39 is 41.9 Å².